The molecule has 4 N–H and O–H groups in total. The fourth-order valence-corrected chi connectivity index (χ4v) is 4.24. The highest BCUT2D eigenvalue weighted by Gasteiger charge is 2.39. The van der Waals surface area contributed by atoms with Gasteiger partial charge in [-0.2, -0.15) is 0 Å². The molecule has 11 heteroatoms. The van der Waals surface area contributed by atoms with E-state index in [1.54, 1.807) is 27.7 Å². The third kappa shape index (κ3) is 10.9. The zero-order valence-corrected chi connectivity index (χ0v) is 25.1. The molecule has 1 rings (SSSR count). The van der Waals surface area contributed by atoms with Crippen LogP contribution >= 0.6 is 0 Å². The molecule has 11 nitrogen and oxygen atoms in total. The van der Waals surface area contributed by atoms with Gasteiger partial charge in [0, 0.05) is 19.0 Å². The lowest BCUT2D eigenvalue weighted by Crippen LogP contribution is -2.56. The highest BCUT2D eigenvalue weighted by molar-refractivity contribution is 5.93. The second-order valence-electron chi connectivity index (χ2n) is 10.8. The first-order chi connectivity index (χ1) is 18.6. The summed E-state index contributed by atoms with van der Waals surface area (Å²) >= 11 is 0. The predicted octanol–water partition coefficient (Wildman–Crippen LogP) is 3.20. The summed E-state index contributed by atoms with van der Waals surface area (Å²) in [6.45, 7) is 14.4. The standard InChI is InChI=1S/C29H46N4O7/c1-9-20(5)33(27(37)21(14-15-22(30)34)32-28(38)40-29(6,7)8)25(24-18(3)12-11-13-19(24)4)26(36)31-17-16-23(35)39-10-2/h11-13,20-21,25H,9-10,14-17H2,1-8H3,(H2,30,34)(H,31,36)(H,32,38). The van der Waals surface area contributed by atoms with E-state index in [0.29, 0.717) is 12.0 Å². The predicted molar refractivity (Wildman–Crippen MR) is 151 cm³/mol. The summed E-state index contributed by atoms with van der Waals surface area (Å²) in [6.07, 6.45) is -0.609. The van der Waals surface area contributed by atoms with Crippen molar-refractivity contribution in [2.24, 2.45) is 5.73 Å². The van der Waals surface area contributed by atoms with Crippen molar-refractivity contribution in [2.75, 3.05) is 13.2 Å². The second kappa shape index (κ2) is 15.8. The van der Waals surface area contributed by atoms with Crippen LogP contribution in [0.15, 0.2) is 18.2 Å². The Morgan fingerprint density at radius 3 is 2.12 bits per heavy atom. The van der Waals surface area contributed by atoms with Crippen molar-refractivity contribution in [3.8, 4) is 0 Å². The van der Waals surface area contributed by atoms with Crippen LogP contribution in [0.4, 0.5) is 4.79 Å². The quantitative estimate of drug-likeness (QED) is 0.294. The van der Waals surface area contributed by atoms with E-state index in [9.17, 15) is 24.0 Å². The number of hydrogen-bond donors (Lipinski definition) is 3. The Labute approximate surface area is 237 Å². The van der Waals surface area contributed by atoms with Crippen LogP contribution in [-0.2, 0) is 28.7 Å². The molecule has 0 radical (unpaired) electrons. The van der Waals surface area contributed by atoms with Crippen LogP contribution in [0.25, 0.3) is 0 Å². The van der Waals surface area contributed by atoms with E-state index in [2.05, 4.69) is 10.6 Å². The van der Waals surface area contributed by atoms with Crippen molar-refractivity contribution >= 4 is 29.8 Å². The Balaban J connectivity index is 3.57. The van der Waals surface area contributed by atoms with Gasteiger partial charge in [-0.05, 0) is 78.0 Å². The summed E-state index contributed by atoms with van der Waals surface area (Å²) in [5.41, 5.74) is 6.76. The van der Waals surface area contributed by atoms with Gasteiger partial charge in [0.15, 0.2) is 0 Å². The number of carbonyl (C=O) groups excluding carboxylic acids is 5. The van der Waals surface area contributed by atoms with Gasteiger partial charge in [-0.3, -0.25) is 19.2 Å². The first kappa shape index (κ1) is 34.4. The number of rotatable bonds is 14. The Morgan fingerprint density at radius 1 is 1.02 bits per heavy atom. The SMILES string of the molecule is CCOC(=O)CCNC(=O)C(c1c(C)cccc1C)N(C(=O)C(CCC(N)=O)NC(=O)OC(C)(C)C)C(C)CC. The molecule has 3 unspecified atom stereocenters. The van der Waals surface area contributed by atoms with Crippen molar-refractivity contribution in [1.82, 2.24) is 15.5 Å². The molecular formula is C29H46N4O7. The average molecular weight is 563 g/mol. The monoisotopic (exact) mass is 562 g/mol. The van der Waals surface area contributed by atoms with E-state index < -0.39 is 53.5 Å². The number of aryl methyl sites for hydroxylation is 2. The lowest BCUT2D eigenvalue weighted by Gasteiger charge is -2.39. The Hall–Kier alpha value is -3.63. The lowest BCUT2D eigenvalue weighted by atomic mass is 9.92. The van der Waals surface area contributed by atoms with E-state index in [4.69, 9.17) is 15.2 Å². The number of nitrogens with two attached hydrogens (primary N) is 1. The molecule has 40 heavy (non-hydrogen) atoms. The summed E-state index contributed by atoms with van der Waals surface area (Å²) in [4.78, 5) is 65.6. The first-order valence-electron chi connectivity index (χ1n) is 13.7. The minimum absolute atomic E-state index is 0.0168. The number of nitrogens with one attached hydrogen (secondary N) is 2. The fraction of sp³-hybridized carbons (Fsp3) is 0.621. The molecule has 0 aliphatic carbocycles. The minimum Gasteiger partial charge on any atom is -0.466 e. The van der Waals surface area contributed by atoms with Gasteiger partial charge in [0.05, 0.1) is 13.0 Å². The number of alkyl carbamates (subject to hydrolysis) is 1. The highest BCUT2D eigenvalue weighted by Crippen LogP contribution is 2.31. The molecule has 4 amide bonds. The number of carbonyl (C=O) groups is 5. The van der Waals surface area contributed by atoms with E-state index in [1.807, 2.05) is 45.9 Å². The Bertz CT molecular complexity index is 1030. The molecule has 224 valence electrons. The molecule has 0 aromatic heterocycles. The Kier molecular flexibility index (Phi) is 13.6. The van der Waals surface area contributed by atoms with E-state index in [0.717, 1.165) is 11.1 Å². The first-order valence-corrected chi connectivity index (χ1v) is 13.7. The largest absolute Gasteiger partial charge is 0.466 e. The zero-order valence-electron chi connectivity index (χ0n) is 25.1. The van der Waals surface area contributed by atoms with Gasteiger partial charge in [-0.1, -0.05) is 25.1 Å². The molecule has 0 aliphatic rings. The van der Waals surface area contributed by atoms with Gasteiger partial charge in [0.25, 0.3) is 0 Å². The number of primary amides is 1. The number of ether oxygens (including phenoxy) is 2. The maximum atomic E-state index is 14.2. The van der Waals surface area contributed by atoms with Gasteiger partial charge < -0.3 is 30.7 Å². The maximum absolute atomic E-state index is 14.2. The summed E-state index contributed by atoms with van der Waals surface area (Å²) in [5, 5.41) is 5.36. The molecule has 0 fully saturated rings. The average Bonchev–Trinajstić information content (AvgIpc) is 2.84. The molecule has 3 atom stereocenters. The van der Waals surface area contributed by atoms with E-state index >= 15 is 0 Å². The van der Waals surface area contributed by atoms with Crippen molar-refractivity contribution in [2.45, 2.75) is 105 Å². The lowest BCUT2D eigenvalue weighted by molar-refractivity contribution is -0.146. The van der Waals surface area contributed by atoms with Crippen LogP contribution in [0.1, 0.15) is 90.0 Å². The number of hydrogen-bond acceptors (Lipinski definition) is 7. The van der Waals surface area contributed by atoms with Gasteiger partial charge >= 0.3 is 12.1 Å². The van der Waals surface area contributed by atoms with Crippen molar-refractivity contribution < 1.29 is 33.4 Å². The van der Waals surface area contributed by atoms with E-state index in [1.165, 1.54) is 4.90 Å². The molecule has 0 spiro atoms. The maximum Gasteiger partial charge on any atom is 0.408 e. The summed E-state index contributed by atoms with van der Waals surface area (Å²) in [5.74, 6) is -2.13. The number of nitrogens with zero attached hydrogens (tertiary/aromatic N) is 1. The molecule has 0 bridgehead atoms. The summed E-state index contributed by atoms with van der Waals surface area (Å²) < 4.78 is 10.3. The molecule has 0 heterocycles. The molecule has 0 aliphatic heterocycles. The van der Waals surface area contributed by atoms with Gasteiger partial charge in [0.2, 0.25) is 17.7 Å². The van der Waals surface area contributed by atoms with Crippen LogP contribution < -0.4 is 16.4 Å². The van der Waals surface area contributed by atoms with Crippen LogP contribution in [0.3, 0.4) is 0 Å². The number of esters is 1. The van der Waals surface area contributed by atoms with Gasteiger partial charge in [-0.25, -0.2) is 4.79 Å². The summed E-state index contributed by atoms with van der Waals surface area (Å²) in [6, 6.07) is 2.86. The topological polar surface area (TPSA) is 157 Å². The van der Waals surface area contributed by atoms with E-state index in [-0.39, 0.29) is 32.4 Å². The summed E-state index contributed by atoms with van der Waals surface area (Å²) in [7, 11) is 0. The molecule has 1 aromatic carbocycles. The second-order valence-corrected chi connectivity index (χ2v) is 10.8. The van der Waals surface area contributed by atoms with Gasteiger partial charge in [-0.15, -0.1) is 0 Å². The van der Waals surface area contributed by atoms with Crippen LogP contribution in [0.2, 0.25) is 0 Å². The third-order valence-corrected chi connectivity index (χ3v) is 6.26. The van der Waals surface area contributed by atoms with Gasteiger partial charge in [0.1, 0.15) is 17.7 Å². The van der Waals surface area contributed by atoms with Crippen molar-refractivity contribution in [1.29, 1.82) is 0 Å². The van der Waals surface area contributed by atoms with Crippen LogP contribution in [0.5, 0.6) is 0 Å². The molecule has 0 saturated heterocycles. The van der Waals surface area contributed by atoms with Crippen molar-refractivity contribution in [3.63, 3.8) is 0 Å². The molecular weight excluding hydrogens is 516 g/mol. The highest BCUT2D eigenvalue weighted by atomic mass is 16.6. The zero-order chi connectivity index (χ0) is 30.6. The smallest absolute Gasteiger partial charge is 0.408 e. The Morgan fingerprint density at radius 2 is 1.62 bits per heavy atom. The number of amides is 4. The molecule has 1 aromatic rings. The fourth-order valence-electron chi connectivity index (χ4n) is 4.24. The number of benzene rings is 1. The van der Waals surface area contributed by atoms with Crippen molar-refractivity contribution in [3.05, 3.63) is 34.9 Å². The normalized spacial score (nSPS) is 13.4. The minimum atomic E-state index is -1.18. The van der Waals surface area contributed by atoms with Crippen LogP contribution in [-0.4, -0.2) is 65.5 Å². The molecule has 0 saturated carbocycles. The van der Waals surface area contributed by atoms with Crippen LogP contribution in [0, 0.1) is 13.8 Å². The third-order valence-electron chi connectivity index (χ3n) is 6.26.